The lowest BCUT2D eigenvalue weighted by atomic mass is 10.3. The van der Waals surface area contributed by atoms with Crippen molar-refractivity contribution in [3.05, 3.63) is 17.4 Å². The Labute approximate surface area is 90.2 Å². The van der Waals surface area contributed by atoms with E-state index in [1.54, 1.807) is 13.1 Å². The third-order valence-corrected chi connectivity index (χ3v) is 1.98. The minimum atomic E-state index is -4.18. The fourth-order valence-electron chi connectivity index (χ4n) is 1.07. The van der Waals surface area contributed by atoms with E-state index >= 15 is 0 Å². The van der Waals surface area contributed by atoms with Gasteiger partial charge in [0.1, 0.15) is 0 Å². The number of hydrogen-bond acceptors (Lipinski definition) is 2. The van der Waals surface area contributed by atoms with Gasteiger partial charge in [0.15, 0.2) is 0 Å². The molecule has 0 spiro atoms. The quantitative estimate of drug-likeness (QED) is 0.876. The van der Waals surface area contributed by atoms with E-state index in [4.69, 9.17) is 11.6 Å². The second-order valence-electron chi connectivity index (χ2n) is 3.23. The Kier molecular flexibility index (Phi) is 3.98. The van der Waals surface area contributed by atoms with Crippen LogP contribution in [0.5, 0.6) is 0 Å². The molecule has 7 heteroatoms. The summed E-state index contributed by atoms with van der Waals surface area (Å²) in [4.78, 5) is 0. The second kappa shape index (κ2) is 4.85. The average Bonchev–Trinajstić information content (AvgIpc) is 2.49. The normalized spacial score (nSPS) is 14.2. The third-order valence-electron chi connectivity index (χ3n) is 1.79. The van der Waals surface area contributed by atoms with Gasteiger partial charge in [0.25, 0.3) is 0 Å². The molecule has 0 aliphatic carbocycles. The summed E-state index contributed by atoms with van der Waals surface area (Å²) < 4.78 is 36.9. The van der Waals surface area contributed by atoms with Crippen LogP contribution in [0.25, 0.3) is 0 Å². The summed E-state index contributed by atoms with van der Waals surface area (Å²) in [5, 5.41) is 6.67. The number of hydrogen-bond donors (Lipinski definition) is 1. The maximum atomic E-state index is 11.8. The van der Waals surface area contributed by atoms with Crippen LogP contribution in [0.1, 0.15) is 13.0 Å². The van der Waals surface area contributed by atoms with E-state index in [2.05, 4.69) is 10.4 Å². The lowest BCUT2D eigenvalue weighted by molar-refractivity contribution is -0.124. The summed E-state index contributed by atoms with van der Waals surface area (Å²) >= 11 is 5.63. The first-order valence-corrected chi connectivity index (χ1v) is 4.73. The van der Waals surface area contributed by atoms with E-state index in [-0.39, 0.29) is 12.6 Å². The standard InChI is InChI=1S/C8H11ClF3N3/c1-6(2-13-5-8(10,11)12)15-4-7(9)3-14-15/h3-4,6,13H,2,5H2,1H3. The number of rotatable bonds is 4. The number of alkyl halides is 3. The van der Waals surface area contributed by atoms with Crippen LogP contribution in [0, 0.1) is 0 Å². The molecule has 1 N–H and O–H groups in total. The highest BCUT2D eigenvalue weighted by atomic mass is 35.5. The van der Waals surface area contributed by atoms with Gasteiger partial charge in [-0.2, -0.15) is 18.3 Å². The van der Waals surface area contributed by atoms with E-state index in [1.165, 1.54) is 10.9 Å². The zero-order valence-electron chi connectivity index (χ0n) is 8.05. The van der Waals surface area contributed by atoms with Crippen LogP contribution in [-0.2, 0) is 0 Å². The first-order chi connectivity index (χ1) is 6.88. The van der Waals surface area contributed by atoms with Gasteiger partial charge in [-0.25, -0.2) is 0 Å². The van der Waals surface area contributed by atoms with Crippen LogP contribution in [-0.4, -0.2) is 29.0 Å². The average molecular weight is 242 g/mol. The minimum Gasteiger partial charge on any atom is -0.307 e. The molecule has 1 aromatic rings. The van der Waals surface area contributed by atoms with Crippen molar-refractivity contribution in [2.75, 3.05) is 13.1 Å². The lowest BCUT2D eigenvalue weighted by Gasteiger charge is -2.14. The van der Waals surface area contributed by atoms with Gasteiger partial charge in [-0.15, -0.1) is 0 Å². The molecule has 0 fully saturated rings. The van der Waals surface area contributed by atoms with Gasteiger partial charge < -0.3 is 5.32 Å². The Hall–Kier alpha value is -0.750. The molecule has 0 aromatic carbocycles. The van der Waals surface area contributed by atoms with Crippen LogP contribution in [0.2, 0.25) is 5.02 Å². The van der Waals surface area contributed by atoms with Gasteiger partial charge in [0.2, 0.25) is 0 Å². The lowest BCUT2D eigenvalue weighted by Crippen LogP contribution is -2.32. The third kappa shape index (κ3) is 4.53. The maximum Gasteiger partial charge on any atom is 0.401 e. The maximum absolute atomic E-state index is 11.8. The van der Waals surface area contributed by atoms with Gasteiger partial charge in [0, 0.05) is 12.7 Å². The van der Waals surface area contributed by atoms with E-state index in [1.807, 2.05) is 0 Å². The highest BCUT2D eigenvalue weighted by Gasteiger charge is 2.26. The van der Waals surface area contributed by atoms with Gasteiger partial charge in [-0.3, -0.25) is 4.68 Å². The highest BCUT2D eigenvalue weighted by molar-refractivity contribution is 6.30. The first-order valence-electron chi connectivity index (χ1n) is 4.35. The Bertz CT molecular complexity index is 310. The van der Waals surface area contributed by atoms with Crippen molar-refractivity contribution in [2.45, 2.75) is 19.1 Å². The Balaban J connectivity index is 2.34. The first kappa shape index (κ1) is 12.3. The minimum absolute atomic E-state index is 0.167. The van der Waals surface area contributed by atoms with E-state index in [0.717, 1.165) is 0 Å². The smallest absolute Gasteiger partial charge is 0.307 e. The summed E-state index contributed by atoms with van der Waals surface area (Å²) in [6.45, 7) is 0.955. The van der Waals surface area contributed by atoms with Crippen molar-refractivity contribution in [3.8, 4) is 0 Å². The molecule has 1 heterocycles. The van der Waals surface area contributed by atoms with Crippen molar-refractivity contribution in [1.82, 2.24) is 15.1 Å². The molecule has 1 rings (SSSR count). The molecule has 0 amide bonds. The predicted octanol–water partition coefficient (Wildman–Crippen LogP) is 2.25. The van der Waals surface area contributed by atoms with Crippen molar-refractivity contribution >= 4 is 11.6 Å². The van der Waals surface area contributed by atoms with E-state index in [9.17, 15) is 13.2 Å². The van der Waals surface area contributed by atoms with Gasteiger partial charge in [0.05, 0.1) is 23.8 Å². The molecular formula is C8H11ClF3N3. The van der Waals surface area contributed by atoms with E-state index in [0.29, 0.717) is 5.02 Å². The predicted molar refractivity (Wildman–Crippen MR) is 50.9 cm³/mol. The number of halogens is 4. The molecule has 0 saturated heterocycles. The number of aromatic nitrogens is 2. The fourth-order valence-corrected chi connectivity index (χ4v) is 1.22. The van der Waals surface area contributed by atoms with Crippen LogP contribution in [0.15, 0.2) is 12.4 Å². The molecule has 0 bridgehead atoms. The topological polar surface area (TPSA) is 29.9 Å². The van der Waals surface area contributed by atoms with E-state index < -0.39 is 12.7 Å². The molecule has 0 aliphatic rings. The number of nitrogens with zero attached hydrogens (tertiary/aromatic N) is 2. The molecule has 0 saturated carbocycles. The summed E-state index contributed by atoms with van der Waals surface area (Å²) in [7, 11) is 0. The van der Waals surface area contributed by atoms with Crippen molar-refractivity contribution < 1.29 is 13.2 Å². The Morgan fingerprint density at radius 3 is 2.73 bits per heavy atom. The molecule has 1 unspecified atom stereocenters. The molecule has 1 aromatic heterocycles. The van der Waals surface area contributed by atoms with Crippen LogP contribution in [0.3, 0.4) is 0 Å². The van der Waals surface area contributed by atoms with Crippen molar-refractivity contribution in [2.24, 2.45) is 0 Å². The molecule has 1 atom stereocenters. The second-order valence-corrected chi connectivity index (χ2v) is 3.67. The largest absolute Gasteiger partial charge is 0.401 e. The van der Waals surface area contributed by atoms with Gasteiger partial charge >= 0.3 is 6.18 Å². The van der Waals surface area contributed by atoms with Crippen LogP contribution in [0.4, 0.5) is 13.2 Å². The molecule has 0 radical (unpaired) electrons. The van der Waals surface area contributed by atoms with Crippen molar-refractivity contribution in [3.63, 3.8) is 0 Å². The summed E-state index contributed by atoms with van der Waals surface area (Å²) in [6.07, 6.45) is -1.16. The zero-order chi connectivity index (χ0) is 11.5. The van der Waals surface area contributed by atoms with Crippen LogP contribution >= 0.6 is 11.6 Å². The summed E-state index contributed by atoms with van der Waals surface area (Å²) in [5.74, 6) is 0. The number of nitrogens with one attached hydrogen (secondary N) is 1. The van der Waals surface area contributed by atoms with Crippen molar-refractivity contribution in [1.29, 1.82) is 0 Å². The SMILES string of the molecule is CC(CNCC(F)(F)F)n1cc(Cl)cn1. The molecule has 0 aliphatic heterocycles. The highest BCUT2D eigenvalue weighted by Crippen LogP contribution is 2.13. The molecule has 86 valence electrons. The summed E-state index contributed by atoms with van der Waals surface area (Å²) in [6, 6.07) is -0.167. The molecule has 15 heavy (non-hydrogen) atoms. The Morgan fingerprint density at radius 2 is 2.27 bits per heavy atom. The van der Waals surface area contributed by atoms with Gasteiger partial charge in [-0.05, 0) is 6.92 Å². The molecular weight excluding hydrogens is 231 g/mol. The zero-order valence-corrected chi connectivity index (χ0v) is 8.81. The van der Waals surface area contributed by atoms with Crippen LogP contribution < -0.4 is 5.32 Å². The summed E-state index contributed by atoms with van der Waals surface area (Å²) in [5.41, 5.74) is 0. The Morgan fingerprint density at radius 1 is 1.60 bits per heavy atom. The molecule has 3 nitrogen and oxygen atoms in total. The van der Waals surface area contributed by atoms with Gasteiger partial charge in [-0.1, -0.05) is 11.6 Å². The monoisotopic (exact) mass is 241 g/mol. The fraction of sp³-hybridized carbons (Fsp3) is 0.625.